The summed E-state index contributed by atoms with van der Waals surface area (Å²) >= 11 is 0. The standard InChI is InChI=1S/C15H26N2O2/c1-9(2)17-12(18)7-10(13(17)19)16-8-11-14(3,4)15(11,5)6/h9-11,16H,7-8H2,1-6H3. The zero-order valence-corrected chi connectivity index (χ0v) is 12.9. The molecule has 4 heteroatoms. The number of carbonyl (C=O) groups excluding carboxylic acids is 2. The van der Waals surface area contributed by atoms with Crippen LogP contribution >= 0.6 is 0 Å². The Labute approximate surface area is 115 Å². The van der Waals surface area contributed by atoms with Crippen molar-refractivity contribution < 1.29 is 9.59 Å². The molecule has 1 aliphatic heterocycles. The number of rotatable bonds is 4. The predicted octanol–water partition coefficient (Wildman–Crippen LogP) is 1.79. The minimum atomic E-state index is -0.318. The van der Waals surface area contributed by atoms with Gasteiger partial charge in [0.15, 0.2) is 0 Å². The third-order valence-corrected chi connectivity index (χ3v) is 5.59. The Hall–Kier alpha value is -0.900. The highest BCUT2D eigenvalue weighted by molar-refractivity contribution is 6.05. The molecule has 19 heavy (non-hydrogen) atoms. The second-order valence-electron chi connectivity index (χ2n) is 7.36. The summed E-state index contributed by atoms with van der Waals surface area (Å²) in [5, 5.41) is 3.31. The van der Waals surface area contributed by atoms with Crippen molar-refractivity contribution >= 4 is 11.8 Å². The van der Waals surface area contributed by atoms with Crippen LogP contribution in [0.4, 0.5) is 0 Å². The van der Waals surface area contributed by atoms with Gasteiger partial charge in [0.2, 0.25) is 11.8 Å². The molecule has 0 bridgehead atoms. The third-order valence-electron chi connectivity index (χ3n) is 5.59. The second kappa shape index (κ2) is 4.30. The highest BCUT2D eigenvalue weighted by atomic mass is 16.2. The van der Waals surface area contributed by atoms with E-state index in [2.05, 4.69) is 33.0 Å². The molecule has 0 aromatic heterocycles. The Kier molecular flexibility index (Phi) is 3.28. The van der Waals surface area contributed by atoms with Gasteiger partial charge in [-0.1, -0.05) is 27.7 Å². The number of imide groups is 1. The zero-order valence-electron chi connectivity index (χ0n) is 12.9. The molecule has 0 aromatic carbocycles. The van der Waals surface area contributed by atoms with E-state index in [9.17, 15) is 9.59 Å². The number of carbonyl (C=O) groups is 2. The number of nitrogens with zero attached hydrogens (tertiary/aromatic N) is 1. The average Bonchev–Trinajstić information content (AvgIpc) is 2.49. The van der Waals surface area contributed by atoms with E-state index in [0.29, 0.717) is 23.2 Å². The summed E-state index contributed by atoms with van der Waals surface area (Å²) in [7, 11) is 0. The van der Waals surface area contributed by atoms with Gasteiger partial charge < -0.3 is 5.32 Å². The molecule has 0 spiro atoms. The lowest BCUT2D eigenvalue weighted by atomic mass is 10.0. The topological polar surface area (TPSA) is 49.4 Å². The molecule has 1 heterocycles. The van der Waals surface area contributed by atoms with Gasteiger partial charge in [0, 0.05) is 6.04 Å². The van der Waals surface area contributed by atoms with Gasteiger partial charge in [0.25, 0.3) is 0 Å². The third kappa shape index (κ3) is 2.10. The van der Waals surface area contributed by atoms with Crippen molar-refractivity contribution in [3.05, 3.63) is 0 Å². The number of likely N-dealkylation sites (tertiary alicyclic amines) is 1. The first-order valence-electron chi connectivity index (χ1n) is 7.20. The second-order valence-corrected chi connectivity index (χ2v) is 7.36. The summed E-state index contributed by atoms with van der Waals surface area (Å²) in [6, 6.07) is -0.359. The van der Waals surface area contributed by atoms with Crippen LogP contribution in [0.15, 0.2) is 0 Å². The first-order chi connectivity index (χ1) is 8.60. The van der Waals surface area contributed by atoms with E-state index in [1.165, 1.54) is 4.90 Å². The van der Waals surface area contributed by atoms with Crippen molar-refractivity contribution in [2.45, 2.75) is 60.0 Å². The van der Waals surface area contributed by atoms with Crippen molar-refractivity contribution in [1.29, 1.82) is 0 Å². The highest BCUT2D eigenvalue weighted by Gasteiger charge is 2.64. The van der Waals surface area contributed by atoms with Crippen molar-refractivity contribution in [1.82, 2.24) is 10.2 Å². The van der Waals surface area contributed by atoms with Crippen LogP contribution in [0.1, 0.15) is 48.0 Å². The first kappa shape index (κ1) is 14.5. The largest absolute Gasteiger partial charge is 0.305 e. The monoisotopic (exact) mass is 266 g/mol. The van der Waals surface area contributed by atoms with Gasteiger partial charge in [0.1, 0.15) is 0 Å². The van der Waals surface area contributed by atoms with Crippen LogP contribution in [0.5, 0.6) is 0 Å². The van der Waals surface area contributed by atoms with E-state index in [1.54, 1.807) is 0 Å². The molecule has 2 amide bonds. The molecule has 1 N–H and O–H groups in total. The molecule has 1 aliphatic carbocycles. The van der Waals surface area contributed by atoms with E-state index < -0.39 is 0 Å². The molecule has 1 saturated heterocycles. The van der Waals surface area contributed by atoms with Crippen LogP contribution in [0, 0.1) is 16.7 Å². The van der Waals surface area contributed by atoms with E-state index >= 15 is 0 Å². The fourth-order valence-electron chi connectivity index (χ4n) is 3.46. The first-order valence-corrected chi connectivity index (χ1v) is 7.20. The summed E-state index contributed by atoms with van der Waals surface area (Å²) < 4.78 is 0. The number of hydrogen-bond donors (Lipinski definition) is 1. The van der Waals surface area contributed by atoms with Gasteiger partial charge in [-0.05, 0) is 37.1 Å². The summed E-state index contributed by atoms with van der Waals surface area (Å²) in [6.45, 7) is 13.6. The van der Waals surface area contributed by atoms with Crippen molar-refractivity contribution in [3.63, 3.8) is 0 Å². The maximum atomic E-state index is 12.2. The summed E-state index contributed by atoms with van der Waals surface area (Å²) in [5.74, 6) is 0.457. The molecule has 2 fully saturated rings. The Morgan fingerprint density at radius 1 is 1.21 bits per heavy atom. The van der Waals surface area contributed by atoms with E-state index in [1.807, 2.05) is 13.8 Å². The van der Waals surface area contributed by atoms with E-state index in [4.69, 9.17) is 0 Å². The normalized spacial score (nSPS) is 29.4. The van der Waals surface area contributed by atoms with E-state index in [-0.39, 0.29) is 23.9 Å². The van der Waals surface area contributed by atoms with Crippen molar-refractivity contribution in [2.75, 3.05) is 6.54 Å². The smallest absolute Gasteiger partial charge is 0.247 e. The molecule has 1 atom stereocenters. The molecule has 2 rings (SSSR count). The molecule has 0 aromatic rings. The van der Waals surface area contributed by atoms with Gasteiger partial charge in [-0.25, -0.2) is 0 Å². The van der Waals surface area contributed by atoms with Crippen molar-refractivity contribution in [2.24, 2.45) is 16.7 Å². The Morgan fingerprint density at radius 2 is 1.74 bits per heavy atom. The number of hydrogen-bond acceptors (Lipinski definition) is 3. The lowest BCUT2D eigenvalue weighted by Gasteiger charge is -2.19. The van der Waals surface area contributed by atoms with Gasteiger partial charge in [-0.3, -0.25) is 14.5 Å². The van der Waals surface area contributed by atoms with Gasteiger partial charge in [0.05, 0.1) is 12.5 Å². The lowest BCUT2D eigenvalue weighted by molar-refractivity contribution is -0.140. The number of amides is 2. The molecular weight excluding hydrogens is 240 g/mol. The van der Waals surface area contributed by atoms with Gasteiger partial charge >= 0.3 is 0 Å². The molecular formula is C15H26N2O2. The Balaban J connectivity index is 1.93. The van der Waals surface area contributed by atoms with Gasteiger partial charge in [-0.15, -0.1) is 0 Å². The quantitative estimate of drug-likeness (QED) is 0.789. The molecule has 1 saturated carbocycles. The lowest BCUT2D eigenvalue weighted by Crippen LogP contribution is -2.42. The average molecular weight is 266 g/mol. The van der Waals surface area contributed by atoms with Crippen LogP contribution < -0.4 is 5.32 Å². The summed E-state index contributed by atoms with van der Waals surface area (Å²) in [5.41, 5.74) is 0.618. The maximum Gasteiger partial charge on any atom is 0.247 e. The number of nitrogens with one attached hydrogen (secondary N) is 1. The van der Waals surface area contributed by atoms with Crippen LogP contribution in [0.3, 0.4) is 0 Å². The Morgan fingerprint density at radius 3 is 2.11 bits per heavy atom. The minimum Gasteiger partial charge on any atom is -0.305 e. The molecule has 108 valence electrons. The fraction of sp³-hybridized carbons (Fsp3) is 0.867. The predicted molar refractivity (Wildman–Crippen MR) is 74.4 cm³/mol. The van der Waals surface area contributed by atoms with Crippen LogP contribution in [0.25, 0.3) is 0 Å². The van der Waals surface area contributed by atoms with Crippen LogP contribution in [-0.4, -0.2) is 35.3 Å². The summed E-state index contributed by atoms with van der Waals surface area (Å²) in [4.78, 5) is 25.4. The zero-order chi connectivity index (χ0) is 14.6. The SMILES string of the molecule is CC(C)N1C(=O)CC(NCC2C(C)(C)C2(C)C)C1=O. The molecule has 0 radical (unpaired) electrons. The highest BCUT2D eigenvalue weighted by Crippen LogP contribution is 2.67. The minimum absolute atomic E-state index is 0.0411. The molecule has 4 nitrogen and oxygen atoms in total. The Bertz CT molecular complexity index is 398. The molecule has 2 aliphatic rings. The summed E-state index contributed by atoms with van der Waals surface area (Å²) in [6.07, 6.45) is 0.310. The van der Waals surface area contributed by atoms with Crippen LogP contribution in [0.2, 0.25) is 0 Å². The maximum absolute atomic E-state index is 12.2. The van der Waals surface area contributed by atoms with Crippen molar-refractivity contribution in [3.8, 4) is 0 Å². The van der Waals surface area contributed by atoms with Crippen LogP contribution in [-0.2, 0) is 9.59 Å². The molecule has 1 unspecified atom stereocenters. The fourth-order valence-corrected chi connectivity index (χ4v) is 3.46. The van der Waals surface area contributed by atoms with E-state index in [0.717, 1.165) is 6.54 Å². The van der Waals surface area contributed by atoms with Gasteiger partial charge in [-0.2, -0.15) is 0 Å².